The second kappa shape index (κ2) is 5.21. The van der Waals surface area contributed by atoms with Crippen molar-refractivity contribution < 1.29 is 18.3 Å². The lowest BCUT2D eigenvalue weighted by Gasteiger charge is -2.18. The summed E-state index contributed by atoms with van der Waals surface area (Å²) in [6.45, 7) is 3.35. The Balaban J connectivity index is 2.52. The molecular formula is C13H15N3O4S. The Morgan fingerprint density at radius 2 is 1.81 bits per heavy atom. The molecule has 2 aromatic rings. The summed E-state index contributed by atoms with van der Waals surface area (Å²) >= 11 is 0. The molecule has 7 nitrogen and oxygen atoms in total. The molecule has 0 atom stereocenters. The summed E-state index contributed by atoms with van der Waals surface area (Å²) in [6, 6.07) is 6.84. The average molecular weight is 309 g/mol. The quantitative estimate of drug-likeness (QED) is 0.892. The van der Waals surface area contributed by atoms with Crippen molar-refractivity contribution in [3.05, 3.63) is 41.1 Å². The third-order valence-electron chi connectivity index (χ3n) is 3.13. The van der Waals surface area contributed by atoms with Crippen LogP contribution in [0.5, 0.6) is 0 Å². The number of carboxylic acid groups (broad SMARTS) is 1. The van der Waals surface area contributed by atoms with Crippen LogP contribution >= 0.6 is 0 Å². The zero-order valence-electron chi connectivity index (χ0n) is 11.8. The number of aryl methyl sites for hydroxylation is 2. The normalized spacial score (nSPS) is 11.4. The van der Waals surface area contributed by atoms with Crippen LogP contribution in [0.15, 0.2) is 29.3 Å². The van der Waals surface area contributed by atoms with E-state index >= 15 is 0 Å². The SMILES string of the molecule is Cc1ccc(N(C)S(=O)(=O)c2n[nH]c(C)c2C(=O)O)cc1. The molecule has 0 radical (unpaired) electrons. The Kier molecular flexibility index (Phi) is 3.73. The summed E-state index contributed by atoms with van der Waals surface area (Å²) in [6.07, 6.45) is 0. The molecule has 0 spiro atoms. The number of nitrogens with zero attached hydrogens (tertiary/aromatic N) is 2. The van der Waals surface area contributed by atoms with Gasteiger partial charge in [-0.1, -0.05) is 17.7 Å². The van der Waals surface area contributed by atoms with Crippen LogP contribution in [-0.2, 0) is 10.0 Å². The highest BCUT2D eigenvalue weighted by Crippen LogP contribution is 2.24. The van der Waals surface area contributed by atoms with Gasteiger partial charge in [0.25, 0.3) is 10.0 Å². The first-order chi connectivity index (χ1) is 9.75. The van der Waals surface area contributed by atoms with Gasteiger partial charge < -0.3 is 5.11 Å². The van der Waals surface area contributed by atoms with Crippen molar-refractivity contribution >= 4 is 21.7 Å². The van der Waals surface area contributed by atoms with Crippen LogP contribution in [0.4, 0.5) is 5.69 Å². The maximum absolute atomic E-state index is 12.5. The lowest BCUT2D eigenvalue weighted by Crippen LogP contribution is -2.28. The van der Waals surface area contributed by atoms with Gasteiger partial charge in [0.1, 0.15) is 5.56 Å². The van der Waals surface area contributed by atoms with Gasteiger partial charge in [-0.3, -0.25) is 9.40 Å². The van der Waals surface area contributed by atoms with Crippen LogP contribution in [-0.4, -0.2) is 36.7 Å². The van der Waals surface area contributed by atoms with E-state index in [1.54, 1.807) is 24.3 Å². The van der Waals surface area contributed by atoms with E-state index in [4.69, 9.17) is 5.11 Å². The number of benzene rings is 1. The summed E-state index contributed by atoms with van der Waals surface area (Å²) in [5.41, 5.74) is 1.27. The molecule has 0 saturated carbocycles. The molecule has 0 fully saturated rings. The number of carbonyl (C=O) groups is 1. The Bertz CT molecular complexity index is 778. The summed E-state index contributed by atoms with van der Waals surface area (Å²) in [5.74, 6) is -1.34. The first-order valence-corrected chi connectivity index (χ1v) is 7.53. The fourth-order valence-electron chi connectivity index (χ4n) is 1.87. The molecule has 0 aliphatic heterocycles. The standard InChI is InChI=1S/C13H15N3O4S/c1-8-4-6-10(7-5-8)16(3)21(19,20)12-11(13(17)18)9(2)14-15-12/h4-7H,1-3H3,(H,14,15)(H,17,18). The number of H-pyrrole nitrogens is 1. The minimum absolute atomic E-state index is 0.193. The Morgan fingerprint density at radius 3 is 2.33 bits per heavy atom. The van der Waals surface area contributed by atoms with E-state index < -0.39 is 21.0 Å². The van der Waals surface area contributed by atoms with Crippen LogP contribution in [0.2, 0.25) is 0 Å². The molecule has 0 bridgehead atoms. The van der Waals surface area contributed by atoms with E-state index in [1.807, 2.05) is 6.92 Å². The third-order valence-corrected chi connectivity index (χ3v) is 4.85. The van der Waals surface area contributed by atoms with E-state index in [2.05, 4.69) is 10.2 Å². The smallest absolute Gasteiger partial charge is 0.340 e. The number of sulfonamides is 1. The number of aromatic amines is 1. The summed E-state index contributed by atoms with van der Waals surface area (Å²) in [4.78, 5) is 11.2. The second-order valence-corrected chi connectivity index (χ2v) is 6.53. The first-order valence-electron chi connectivity index (χ1n) is 6.09. The van der Waals surface area contributed by atoms with Crippen molar-refractivity contribution in [2.45, 2.75) is 18.9 Å². The largest absolute Gasteiger partial charge is 0.478 e. The number of aromatic nitrogens is 2. The molecule has 2 rings (SSSR count). The number of hydrogen-bond donors (Lipinski definition) is 2. The molecular weight excluding hydrogens is 294 g/mol. The number of carboxylic acids is 1. The van der Waals surface area contributed by atoms with Gasteiger partial charge in [0.2, 0.25) is 5.03 Å². The average Bonchev–Trinajstić information content (AvgIpc) is 2.81. The van der Waals surface area contributed by atoms with E-state index in [1.165, 1.54) is 14.0 Å². The molecule has 1 heterocycles. The van der Waals surface area contributed by atoms with Gasteiger partial charge in [-0.15, -0.1) is 0 Å². The topological polar surface area (TPSA) is 103 Å². The van der Waals surface area contributed by atoms with E-state index in [0.717, 1.165) is 9.87 Å². The molecule has 0 aliphatic carbocycles. The molecule has 8 heteroatoms. The maximum Gasteiger partial charge on any atom is 0.340 e. The minimum atomic E-state index is -4.05. The van der Waals surface area contributed by atoms with Crippen molar-refractivity contribution in [1.29, 1.82) is 0 Å². The van der Waals surface area contributed by atoms with Crippen LogP contribution in [0.25, 0.3) is 0 Å². The molecule has 1 aromatic heterocycles. The van der Waals surface area contributed by atoms with Crippen molar-refractivity contribution in [3.63, 3.8) is 0 Å². The molecule has 0 aliphatic rings. The Hall–Kier alpha value is -2.35. The molecule has 0 amide bonds. The van der Waals surface area contributed by atoms with Crippen molar-refractivity contribution in [2.24, 2.45) is 0 Å². The third kappa shape index (κ3) is 2.62. The van der Waals surface area contributed by atoms with E-state index in [9.17, 15) is 13.2 Å². The van der Waals surface area contributed by atoms with Gasteiger partial charge in [-0.2, -0.15) is 13.5 Å². The molecule has 0 unspecified atom stereocenters. The van der Waals surface area contributed by atoms with E-state index in [-0.39, 0.29) is 11.3 Å². The highest BCUT2D eigenvalue weighted by Gasteiger charge is 2.31. The lowest BCUT2D eigenvalue weighted by atomic mass is 10.2. The second-order valence-electron chi connectivity index (χ2n) is 4.64. The van der Waals surface area contributed by atoms with Gasteiger partial charge in [0, 0.05) is 12.7 Å². The monoisotopic (exact) mass is 309 g/mol. The minimum Gasteiger partial charge on any atom is -0.478 e. The number of anilines is 1. The molecule has 1 aromatic carbocycles. The van der Waals surface area contributed by atoms with Crippen LogP contribution in [0.3, 0.4) is 0 Å². The zero-order valence-corrected chi connectivity index (χ0v) is 12.6. The lowest BCUT2D eigenvalue weighted by molar-refractivity contribution is 0.0692. The molecule has 21 heavy (non-hydrogen) atoms. The number of rotatable bonds is 4. The fraction of sp³-hybridized carbons (Fsp3) is 0.231. The van der Waals surface area contributed by atoms with Gasteiger partial charge in [0.15, 0.2) is 0 Å². The predicted octanol–water partition coefficient (Wildman–Crippen LogP) is 1.55. The van der Waals surface area contributed by atoms with Crippen LogP contribution < -0.4 is 4.31 Å². The van der Waals surface area contributed by atoms with Gasteiger partial charge >= 0.3 is 5.97 Å². The van der Waals surface area contributed by atoms with E-state index in [0.29, 0.717) is 5.69 Å². The van der Waals surface area contributed by atoms with Gasteiger partial charge in [0.05, 0.1) is 5.69 Å². The van der Waals surface area contributed by atoms with Crippen LogP contribution in [0, 0.1) is 13.8 Å². The highest BCUT2D eigenvalue weighted by atomic mass is 32.2. The highest BCUT2D eigenvalue weighted by molar-refractivity contribution is 7.92. The summed E-state index contributed by atoms with van der Waals surface area (Å²) < 4.78 is 26.1. The Labute approximate surface area is 122 Å². The Morgan fingerprint density at radius 1 is 1.24 bits per heavy atom. The fourth-order valence-corrected chi connectivity index (χ4v) is 3.19. The summed E-state index contributed by atoms with van der Waals surface area (Å²) in [7, 11) is -2.69. The summed E-state index contributed by atoms with van der Waals surface area (Å²) in [5, 5.41) is 14.7. The van der Waals surface area contributed by atoms with Crippen molar-refractivity contribution in [1.82, 2.24) is 10.2 Å². The van der Waals surface area contributed by atoms with Crippen molar-refractivity contribution in [3.8, 4) is 0 Å². The molecule has 112 valence electrons. The van der Waals surface area contributed by atoms with Gasteiger partial charge in [-0.25, -0.2) is 4.79 Å². The predicted molar refractivity (Wildman–Crippen MR) is 77.1 cm³/mol. The van der Waals surface area contributed by atoms with Gasteiger partial charge in [-0.05, 0) is 26.0 Å². The number of hydrogen-bond acceptors (Lipinski definition) is 4. The number of aromatic carboxylic acids is 1. The maximum atomic E-state index is 12.5. The number of nitrogens with one attached hydrogen (secondary N) is 1. The first kappa shape index (κ1) is 15.0. The van der Waals surface area contributed by atoms with Crippen molar-refractivity contribution in [2.75, 3.05) is 11.4 Å². The molecule has 0 saturated heterocycles. The van der Waals surface area contributed by atoms with Crippen LogP contribution in [0.1, 0.15) is 21.6 Å². The molecule has 2 N–H and O–H groups in total. The zero-order chi connectivity index (χ0) is 15.8.